The molecule has 1 heterocycles. The van der Waals surface area contributed by atoms with Crippen molar-refractivity contribution < 1.29 is 4.79 Å². The fraction of sp³-hybridized carbons (Fsp3) is 0.474. The van der Waals surface area contributed by atoms with E-state index in [0.717, 1.165) is 17.0 Å². The number of benzene rings is 1. The molecule has 128 valence electrons. The first kappa shape index (κ1) is 17.0. The highest BCUT2D eigenvalue weighted by atomic mass is 32.1. The molecule has 0 aliphatic heterocycles. The quantitative estimate of drug-likeness (QED) is 0.805. The van der Waals surface area contributed by atoms with Crippen molar-refractivity contribution in [1.29, 1.82) is 0 Å². The van der Waals surface area contributed by atoms with Crippen molar-refractivity contribution in [2.24, 2.45) is 0 Å². The first-order valence-electron chi connectivity index (χ1n) is 8.72. The molecule has 3 N–H and O–H groups in total. The van der Waals surface area contributed by atoms with Crippen LogP contribution in [0.2, 0.25) is 0 Å². The highest BCUT2D eigenvalue weighted by molar-refractivity contribution is 7.09. The zero-order valence-electron chi connectivity index (χ0n) is 14.2. The van der Waals surface area contributed by atoms with E-state index in [0.29, 0.717) is 23.7 Å². The molecule has 4 nitrogen and oxygen atoms in total. The fourth-order valence-electron chi connectivity index (χ4n) is 3.29. The van der Waals surface area contributed by atoms with E-state index in [1.807, 2.05) is 19.1 Å². The van der Waals surface area contributed by atoms with Crippen molar-refractivity contribution >= 4 is 22.9 Å². The summed E-state index contributed by atoms with van der Waals surface area (Å²) in [7, 11) is 0. The molecule has 1 aromatic heterocycles. The topological polar surface area (TPSA) is 68.0 Å². The van der Waals surface area contributed by atoms with Crippen molar-refractivity contribution in [2.75, 3.05) is 12.3 Å². The fourth-order valence-corrected chi connectivity index (χ4v) is 4.17. The summed E-state index contributed by atoms with van der Waals surface area (Å²) >= 11 is 1.71. The summed E-state index contributed by atoms with van der Waals surface area (Å²) in [5.41, 5.74) is 9.23. The van der Waals surface area contributed by atoms with Crippen LogP contribution in [0.25, 0.3) is 0 Å². The zero-order chi connectivity index (χ0) is 16.9. The van der Waals surface area contributed by atoms with E-state index in [-0.39, 0.29) is 5.91 Å². The maximum Gasteiger partial charge on any atom is 0.251 e. The number of aryl methyl sites for hydroxylation is 1. The van der Waals surface area contributed by atoms with E-state index in [2.05, 4.69) is 10.7 Å². The van der Waals surface area contributed by atoms with Gasteiger partial charge >= 0.3 is 0 Å². The third kappa shape index (κ3) is 4.15. The van der Waals surface area contributed by atoms with Crippen molar-refractivity contribution in [2.45, 2.75) is 51.4 Å². The van der Waals surface area contributed by atoms with Crippen LogP contribution >= 0.6 is 11.3 Å². The lowest BCUT2D eigenvalue weighted by atomic mass is 9.87. The van der Waals surface area contributed by atoms with Gasteiger partial charge in [-0.3, -0.25) is 4.79 Å². The number of nitrogen functional groups attached to an aromatic ring is 1. The molecular weight excluding hydrogens is 318 g/mol. The summed E-state index contributed by atoms with van der Waals surface area (Å²) in [6.07, 6.45) is 7.34. The number of nitrogens with one attached hydrogen (secondary N) is 1. The van der Waals surface area contributed by atoms with Gasteiger partial charge in [-0.05, 0) is 37.5 Å². The predicted octanol–water partition coefficient (Wildman–Crippen LogP) is 4.05. The lowest BCUT2D eigenvalue weighted by Crippen LogP contribution is -2.26. The summed E-state index contributed by atoms with van der Waals surface area (Å²) < 4.78 is 0. The average molecular weight is 343 g/mol. The predicted molar refractivity (Wildman–Crippen MR) is 99.6 cm³/mol. The van der Waals surface area contributed by atoms with Crippen LogP contribution < -0.4 is 11.1 Å². The molecule has 5 heteroatoms. The molecule has 0 atom stereocenters. The van der Waals surface area contributed by atoms with Gasteiger partial charge in [-0.1, -0.05) is 25.3 Å². The van der Waals surface area contributed by atoms with Crippen LogP contribution in [-0.4, -0.2) is 17.4 Å². The van der Waals surface area contributed by atoms with Gasteiger partial charge in [0.25, 0.3) is 5.91 Å². The number of rotatable bonds is 5. The molecule has 1 fully saturated rings. The van der Waals surface area contributed by atoms with E-state index >= 15 is 0 Å². The van der Waals surface area contributed by atoms with Crippen LogP contribution in [0.4, 0.5) is 5.69 Å². The Morgan fingerprint density at radius 2 is 2.12 bits per heavy atom. The molecule has 0 unspecified atom stereocenters. The number of anilines is 1. The highest BCUT2D eigenvalue weighted by Gasteiger charge is 2.18. The molecule has 1 saturated carbocycles. The Bertz CT molecular complexity index is 704. The van der Waals surface area contributed by atoms with Crippen molar-refractivity contribution in [3.63, 3.8) is 0 Å². The lowest BCUT2D eigenvalue weighted by Gasteiger charge is -2.19. The second kappa shape index (κ2) is 7.79. The molecule has 2 aromatic rings. The third-order valence-corrected chi connectivity index (χ3v) is 5.65. The minimum Gasteiger partial charge on any atom is -0.399 e. The molecule has 0 bridgehead atoms. The number of carbonyl (C=O) groups is 1. The van der Waals surface area contributed by atoms with Gasteiger partial charge in [-0.15, -0.1) is 11.3 Å². The lowest BCUT2D eigenvalue weighted by molar-refractivity contribution is 0.0953. The van der Waals surface area contributed by atoms with Crippen LogP contribution in [0.5, 0.6) is 0 Å². The maximum atomic E-state index is 12.3. The van der Waals surface area contributed by atoms with Crippen LogP contribution in [0.3, 0.4) is 0 Å². The van der Waals surface area contributed by atoms with Crippen molar-refractivity contribution in [3.05, 3.63) is 45.4 Å². The zero-order valence-corrected chi connectivity index (χ0v) is 15.0. The van der Waals surface area contributed by atoms with Gasteiger partial charge < -0.3 is 11.1 Å². The monoisotopic (exact) mass is 343 g/mol. The van der Waals surface area contributed by atoms with Crippen molar-refractivity contribution in [1.82, 2.24) is 10.3 Å². The Balaban J connectivity index is 1.52. The van der Waals surface area contributed by atoms with Crippen LogP contribution in [-0.2, 0) is 6.42 Å². The van der Waals surface area contributed by atoms with Gasteiger partial charge in [0.2, 0.25) is 0 Å². The van der Waals surface area contributed by atoms with Gasteiger partial charge in [-0.2, -0.15) is 0 Å². The van der Waals surface area contributed by atoms with Crippen LogP contribution in [0, 0.1) is 6.92 Å². The molecule has 0 saturated heterocycles. The number of hydrogen-bond acceptors (Lipinski definition) is 4. The number of aromatic nitrogens is 1. The molecular formula is C19H25N3OS. The van der Waals surface area contributed by atoms with Crippen LogP contribution in [0.15, 0.2) is 23.6 Å². The van der Waals surface area contributed by atoms with Gasteiger partial charge in [0.05, 0.1) is 10.7 Å². The number of carbonyl (C=O) groups excluding carboxylic acids is 1. The molecule has 1 aliphatic rings. The van der Waals surface area contributed by atoms with Gasteiger partial charge in [-0.25, -0.2) is 4.98 Å². The second-order valence-electron chi connectivity index (χ2n) is 6.58. The summed E-state index contributed by atoms with van der Waals surface area (Å²) in [5, 5.41) is 6.29. The summed E-state index contributed by atoms with van der Waals surface area (Å²) in [4.78, 5) is 17.1. The van der Waals surface area contributed by atoms with E-state index in [4.69, 9.17) is 10.7 Å². The Morgan fingerprint density at radius 3 is 2.92 bits per heavy atom. The van der Waals surface area contributed by atoms with Gasteiger partial charge in [0, 0.05) is 35.5 Å². The minimum atomic E-state index is -0.0659. The van der Waals surface area contributed by atoms with Crippen LogP contribution in [0.1, 0.15) is 64.6 Å². The van der Waals surface area contributed by atoms with Gasteiger partial charge in [0.1, 0.15) is 0 Å². The summed E-state index contributed by atoms with van der Waals surface area (Å²) in [6.45, 7) is 2.52. The Hall–Kier alpha value is -1.88. The Labute approximate surface area is 147 Å². The van der Waals surface area contributed by atoms with E-state index in [1.165, 1.54) is 37.8 Å². The summed E-state index contributed by atoms with van der Waals surface area (Å²) in [6, 6.07) is 5.42. The number of thiazole rings is 1. The number of nitrogens with two attached hydrogens (primary N) is 1. The first-order chi connectivity index (χ1) is 11.6. The van der Waals surface area contributed by atoms with E-state index in [1.54, 1.807) is 17.4 Å². The minimum absolute atomic E-state index is 0.0659. The SMILES string of the molecule is Cc1ccc(N)cc1C(=O)NCCc1nc(C2CCCCC2)cs1. The van der Waals surface area contributed by atoms with E-state index in [9.17, 15) is 4.79 Å². The second-order valence-corrected chi connectivity index (χ2v) is 7.52. The largest absolute Gasteiger partial charge is 0.399 e. The molecule has 1 amide bonds. The number of hydrogen-bond donors (Lipinski definition) is 2. The number of amides is 1. The number of nitrogens with zero attached hydrogens (tertiary/aromatic N) is 1. The maximum absolute atomic E-state index is 12.3. The highest BCUT2D eigenvalue weighted by Crippen LogP contribution is 2.33. The molecule has 3 rings (SSSR count). The summed E-state index contributed by atoms with van der Waals surface area (Å²) in [5.74, 6) is 0.581. The normalized spacial score (nSPS) is 15.4. The Morgan fingerprint density at radius 1 is 1.33 bits per heavy atom. The Kier molecular flexibility index (Phi) is 5.51. The molecule has 0 radical (unpaired) electrons. The van der Waals surface area contributed by atoms with Crippen molar-refractivity contribution in [3.8, 4) is 0 Å². The molecule has 1 aliphatic carbocycles. The van der Waals surface area contributed by atoms with E-state index < -0.39 is 0 Å². The van der Waals surface area contributed by atoms with Gasteiger partial charge in [0.15, 0.2) is 0 Å². The molecule has 0 spiro atoms. The third-order valence-electron chi connectivity index (χ3n) is 4.72. The molecule has 24 heavy (non-hydrogen) atoms. The molecule has 1 aromatic carbocycles. The smallest absolute Gasteiger partial charge is 0.251 e. The standard InChI is InChI=1S/C19H25N3OS/c1-13-7-8-15(20)11-16(13)19(23)21-10-9-18-22-17(12-24-18)14-5-3-2-4-6-14/h7-8,11-12,14H,2-6,9-10,20H2,1H3,(H,21,23). The first-order valence-corrected chi connectivity index (χ1v) is 9.60. The average Bonchev–Trinajstić information content (AvgIpc) is 3.06.